The predicted octanol–water partition coefficient (Wildman–Crippen LogP) is 2.50. The molecule has 1 heterocycles. The average molecular weight is 300 g/mol. The minimum atomic E-state index is -1.01. The molecule has 1 saturated heterocycles. The Morgan fingerprint density at radius 1 is 1.35 bits per heavy atom. The Hall–Kier alpha value is -0.683. The summed E-state index contributed by atoms with van der Waals surface area (Å²) in [6.45, 7) is 9.09. The van der Waals surface area contributed by atoms with E-state index in [1.165, 1.54) is 6.42 Å². The van der Waals surface area contributed by atoms with Gasteiger partial charge in [0.2, 0.25) is 0 Å². The summed E-state index contributed by atoms with van der Waals surface area (Å²) >= 11 is 0. The number of carbonyl (C=O) groups excluding carboxylic acids is 2. The molecule has 0 bridgehead atoms. The predicted molar refractivity (Wildman–Crippen MR) is 81.4 cm³/mol. The molecule has 0 aromatic rings. The van der Waals surface area contributed by atoms with Gasteiger partial charge in [0.05, 0.1) is 20.6 Å². The van der Waals surface area contributed by atoms with Crippen molar-refractivity contribution < 1.29 is 19.1 Å². The van der Waals surface area contributed by atoms with Crippen molar-refractivity contribution in [3.05, 3.63) is 0 Å². The molecule has 0 amide bonds. The minimum Gasteiger partial charge on any atom is -0.465 e. The quantitative estimate of drug-likeness (QED) is 0.412. The lowest BCUT2D eigenvalue weighted by Gasteiger charge is -2.40. The highest BCUT2D eigenvalue weighted by molar-refractivity contribution is 6.59. The van der Waals surface area contributed by atoms with Crippen molar-refractivity contribution in [2.24, 2.45) is 5.92 Å². The van der Waals surface area contributed by atoms with Gasteiger partial charge in [-0.3, -0.25) is 9.59 Å². The minimum absolute atomic E-state index is 0.0216. The summed E-state index contributed by atoms with van der Waals surface area (Å²) in [6, 6.07) is 0. The number of rotatable bonds is 7. The number of esters is 1. The Labute approximate surface area is 123 Å². The maximum atomic E-state index is 12.1. The summed E-state index contributed by atoms with van der Waals surface area (Å²) in [5, 5.41) is -0.0533. The lowest BCUT2D eigenvalue weighted by Crippen LogP contribution is -2.47. The van der Waals surface area contributed by atoms with Crippen LogP contribution in [0.15, 0.2) is 0 Å². The summed E-state index contributed by atoms with van der Waals surface area (Å²) < 4.78 is 11.0. The van der Waals surface area contributed by atoms with Gasteiger partial charge in [0.25, 0.3) is 0 Å². The summed E-state index contributed by atoms with van der Waals surface area (Å²) in [4.78, 5) is 23.7. The Kier molecular flexibility index (Phi) is 6.89. The first-order chi connectivity index (χ1) is 9.43. The van der Waals surface area contributed by atoms with Crippen LogP contribution in [0.3, 0.4) is 0 Å². The molecule has 2 atom stereocenters. The van der Waals surface area contributed by atoms with Crippen LogP contribution in [0.25, 0.3) is 0 Å². The number of hydrogen-bond acceptors (Lipinski definition) is 4. The molecule has 1 aliphatic heterocycles. The fraction of sp³-hybridized carbons (Fsp3) is 0.867. The number of hydrogen-bond donors (Lipinski definition) is 0. The van der Waals surface area contributed by atoms with E-state index >= 15 is 0 Å². The molecule has 0 aliphatic carbocycles. The zero-order chi connectivity index (χ0) is 15.2. The van der Waals surface area contributed by atoms with Gasteiger partial charge in [0.1, 0.15) is 11.7 Å². The fourth-order valence-electron chi connectivity index (χ4n) is 2.77. The van der Waals surface area contributed by atoms with Crippen LogP contribution in [0.5, 0.6) is 0 Å². The highest BCUT2D eigenvalue weighted by Gasteiger charge is 2.38. The smallest absolute Gasteiger partial charge is 0.316 e. The van der Waals surface area contributed by atoms with Gasteiger partial charge < -0.3 is 9.47 Å². The van der Waals surface area contributed by atoms with E-state index in [0.29, 0.717) is 13.0 Å². The molecule has 1 rings (SSSR count). The molecule has 2 unspecified atom stereocenters. The maximum Gasteiger partial charge on any atom is 0.316 e. The van der Waals surface area contributed by atoms with Crippen LogP contribution in [-0.2, 0) is 19.1 Å². The normalized spacial score (nSPS) is 24.4. The first-order valence-corrected chi connectivity index (χ1v) is 10.6. The Bertz CT molecular complexity index is 335. The molecule has 4 nitrogen and oxygen atoms in total. The number of Topliss-reactive ketones (excluding diaryl/α,β-unsaturated/α-hetero) is 1. The van der Waals surface area contributed by atoms with Crippen molar-refractivity contribution in [2.75, 3.05) is 13.2 Å². The second kappa shape index (κ2) is 7.93. The summed E-state index contributed by atoms with van der Waals surface area (Å²) in [5.41, 5.74) is 0. The molecular weight excluding hydrogens is 272 g/mol. The van der Waals surface area contributed by atoms with E-state index in [4.69, 9.17) is 9.47 Å². The van der Waals surface area contributed by atoms with E-state index in [1.807, 2.05) is 0 Å². The van der Waals surface area contributed by atoms with Crippen LogP contribution in [-0.4, -0.2) is 39.0 Å². The van der Waals surface area contributed by atoms with Crippen molar-refractivity contribution in [1.29, 1.82) is 0 Å². The molecule has 0 aromatic heterocycles. The van der Waals surface area contributed by atoms with Gasteiger partial charge in [0, 0.05) is 13.0 Å². The third-order valence-electron chi connectivity index (χ3n) is 4.35. The molecule has 0 saturated carbocycles. The highest BCUT2D eigenvalue weighted by Crippen LogP contribution is 2.32. The summed E-state index contributed by atoms with van der Waals surface area (Å²) in [5.74, 6) is -1.08. The van der Waals surface area contributed by atoms with Crippen LogP contribution in [0, 0.1) is 5.92 Å². The highest BCUT2D eigenvalue weighted by atomic mass is 28.3. The Morgan fingerprint density at radius 3 is 2.55 bits per heavy atom. The Morgan fingerprint density at radius 2 is 2.05 bits per heavy atom. The Balaban J connectivity index is 2.55. The fourth-order valence-corrected chi connectivity index (χ4v) is 4.72. The van der Waals surface area contributed by atoms with Crippen molar-refractivity contribution in [2.45, 2.75) is 64.3 Å². The van der Waals surface area contributed by atoms with E-state index in [0.717, 1.165) is 25.9 Å². The summed E-state index contributed by atoms with van der Waals surface area (Å²) in [6.07, 6.45) is 4.56. The van der Waals surface area contributed by atoms with E-state index in [9.17, 15) is 9.59 Å². The van der Waals surface area contributed by atoms with Gasteiger partial charge in [-0.25, -0.2) is 0 Å². The second-order valence-electron chi connectivity index (χ2n) is 5.97. The van der Waals surface area contributed by atoms with Gasteiger partial charge in [-0.2, -0.15) is 0 Å². The molecular formula is C15H28O4Si. The molecule has 0 spiro atoms. The van der Waals surface area contributed by atoms with Gasteiger partial charge in [-0.05, 0) is 39.5 Å². The first-order valence-electron chi connectivity index (χ1n) is 7.76. The van der Waals surface area contributed by atoms with E-state index in [-0.39, 0.29) is 11.0 Å². The molecule has 0 N–H and O–H groups in total. The SMILES string of the molecule is CCOC(=O)C(C)C(=O)CCC1([SiH](C)C)CCCCO1. The standard InChI is InChI=1S/C15H28O4Si/c1-5-18-14(17)12(2)13(16)8-10-15(20(3)4)9-6-7-11-19-15/h12,20H,5-11H2,1-4H3. The molecule has 0 aromatic carbocycles. The average Bonchev–Trinajstić information content (AvgIpc) is 2.45. The molecule has 0 radical (unpaired) electrons. The lowest BCUT2D eigenvalue weighted by molar-refractivity contribution is -0.151. The van der Waals surface area contributed by atoms with Crippen LogP contribution in [0.1, 0.15) is 46.0 Å². The van der Waals surface area contributed by atoms with Crippen LogP contribution < -0.4 is 0 Å². The van der Waals surface area contributed by atoms with Crippen molar-refractivity contribution in [1.82, 2.24) is 0 Å². The molecule has 116 valence electrons. The van der Waals surface area contributed by atoms with Crippen LogP contribution in [0.4, 0.5) is 0 Å². The van der Waals surface area contributed by atoms with Gasteiger partial charge in [-0.1, -0.05) is 13.1 Å². The van der Waals surface area contributed by atoms with Crippen molar-refractivity contribution >= 4 is 20.5 Å². The van der Waals surface area contributed by atoms with Gasteiger partial charge >= 0.3 is 5.97 Å². The van der Waals surface area contributed by atoms with Crippen molar-refractivity contribution in [3.8, 4) is 0 Å². The number of carbonyl (C=O) groups is 2. The second-order valence-corrected chi connectivity index (χ2v) is 9.33. The maximum absolute atomic E-state index is 12.1. The lowest BCUT2D eigenvalue weighted by atomic mass is 9.97. The zero-order valence-corrected chi connectivity index (χ0v) is 14.4. The molecule has 1 fully saturated rings. The topological polar surface area (TPSA) is 52.6 Å². The van der Waals surface area contributed by atoms with Crippen LogP contribution in [0.2, 0.25) is 13.1 Å². The van der Waals surface area contributed by atoms with Crippen molar-refractivity contribution in [3.63, 3.8) is 0 Å². The first kappa shape index (κ1) is 17.4. The third-order valence-corrected chi connectivity index (χ3v) is 7.20. The largest absolute Gasteiger partial charge is 0.465 e. The van der Waals surface area contributed by atoms with E-state index in [1.54, 1.807) is 13.8 Å². The molecule has 1 aliphatic rings. The third kappa shape index (κ3) is 4.41. The monoisotopic (exact) mass is 300 g/mol. The summed E-state index contributed by atoms with van der Waals surface area (Å²) in [7, 11) is -1.01. The van der Waals surface area contributed by atoms with Gasteiger partial charge in [-0.15, -0.1) is 0 Å². The zero-order valence-electron chi connectivity index (χ0n) is 13.2. The molecule has 20 heavy (non-hydrogen) atoms. The van der Waals surface area contributed by atoms with Crippen LogP contribution >= 0.6 is 0 Å². The van der Waals surface area contributed by atoms with Gasteiger partial charge in [0.15, 0.2) is 0 Å². The number of ether oxygens (including phenoxy) is 2. The molecule has 5 heteroatoms. The van der Waals surface area contributed by atoms with E-state index in [2.05, 4.69) is 13.1 Å². The number of ketones is 1. The van der Waals surface area contributed by atoms with E-state index < -0.39 is 20.7 Å².